The van der Waals surface area contributed by atoms with Crippen molar-refractivity contribution in [3.05, 3.63) is 89.9 Å². The summed E-state index contributed by atoms with van der Waals surface area (Å²) in [6.07, 6.45) is 3.18. The summed E-state index contributed by atoms with van der Waals surface area (Å²) >= 11 is 0. The normalized spacial score (nSPS) is 11.1. The molecule has 0 aliphatic heterocycles. The lowest BCUT2D eigenvalue weighted by Crippen LogP contribution is -2.14. The first kappa shape index (κ1) is 22.2. The Hall–Kier alpha value is -3.98. The van der Waals surface area contributed by atoms with Gasteiger partial charge in [0.05, 0.1) is 4.90 Å². The van der Waals surface area contributed by atoms with Crippen molar-refractivity contribution >= 4 is 38.9 Å². The zero-order valence-electron chi connectivity index (χ0n) is 18.5. The van der Waals surface area contributed by atoms with Gasteiger partial charge in [-0.25, -0.2) is 23.4 Å². The number of hydrogen-bond donors (Lipinski definition) is 3. The summed E-state index contributed by atoms with van der Waals surface area (Å²) in [7, 11) is -3.68. The van der Waals surface area contributed by atoms with Gasteiger partial charge in [0, 0.05) is 23.6 Å². The number of aryl methyl sites for hydroxylation is 3. The topological polar surface area (TPSA) is 109 Å². The average Bonchev–Trinajstić information content (AvgIpc) is 2.77. The maximum atomic E-state index is 12.8. The molecule has 3 N–H and O–H groups in total. The molecule has 0 unspecified atom stereocenters. The van der Waals surface area contributed by atoms with Gasteiger partial charge >= 0.3 is 0 Å². The summed E-state index contributed by atoms with van der Waals surface area (Å²) < 4.78 is 28.2. The second kappa shape index (κ2) is 9.25. The van der Waals surface area contributed by atoms with Gasteiger partial charge in [0.1, 0.15) is 23.8 Å². The van der Waals surface area contributed by atoms with Crippen LogP contribution in [0.5, 0.6) is 0 Å². The van der Waals surface area contributed by atoms with Crippen LogP contribution in [-0.4, -0.2) is 23.4 Å². The van der Waals surface area contributed by atoms with Crippen LogP contribution in [-0.2, 0) is 10.0 Å². The number of benzene rings is 2. The highest BCUT2D eigenvalue weighted by molar-refractivity contribution is 7.92. The summed E-state index contributed by atoms with van der Waals surface area (Å²) in [5.41, 5.74) is 3.89. The summed E-state index contributed by atoms with van der Waals surface area (Å²) in [4.78, 5) is 13.0. The van der Waals surface area contributed by atoms with Gasteiger partial charge in [-0.05, 0) is 79.9 Å². The number of aromatic nitrogens is 3. The van der Waals surface area contributed by atoms with Crippen LogP contribution in [0.3, 0.4) is 0 Å². The molecule has 0 amide bonds. The molecule has 0 radical (unpaired) electrons. The molecule has 0 spiro atoms. The minimum absolute atomic E-state index is 0.272. The summed E-state index contributed by atoms with van der Waals surface area (Å²) in [5.74, 6) is 1.88. The van der Waals surface area contributed by atoms with Crippen LogP contribution in [0.2, 0.25) is 0 Å². The molecule has 4 aromatic rings. The molecule has 0 bridgehead atoms. The lowest BCUT2D eigenvalue weighted by Gasteiger charge is -2.12. The van der Waals surface area contributed by atoms with Crippen LogP contribution in [0, 0.1) is 20.8 Å². The van der Waals surface area contributed by atoms with Crippen molar-refractivity contribution in [2.75, 3.05) is 15.4 Å². The lowest BCUT2D eigenvalue weighted by molar-refractivity contribution is 0.600. The summed E-state index contributed by atoms with van der Waals surface area (Å²) in [5, 5.41) is 6.34. The van der Waals surface area contributed by atoms with Gasteiger partial charge in [0.2, 0.25) is 0 Å². The van der Waals surface area contributed by atoms with E-state index in [2.05, 4.69) is 30.3 Å². The molecular formula is C24H24N6O2S. The van der Waals surface area contributed by atoms with Crippen molar-refractivity contribution in [1.82, 2.24) is 15.0 Å². The fourth-order valence-corrected chi connectivity index (χ4v) is 4.60. The third kappa shape index (κ3) is 5.64. The predicted molar refractivity (Wildman–Crippen MR) is 131 cm³/mol. The Morgan fingerprint density at radius 3 is 2.03 bits per heavy atom. The molecule has 0 atom stereocenters. The van der Waals surface area contributed by atoms with E-state index in [1.807, 2.05) is 32.0 Å². The van der Waals surface area contributed by atoms with Crippen LogP contribution in [0.25, 0.3) is 0 Å². The molecule has 168 valence electrons. The van der Waals surface area contributed by atoms with E-state index in [1.165, 1.54) is 6.33 Å². The Morgan fingerprint density at radius 1 is 0.667 bits per heavy atom. The van der Waals surface area contributed by atoms with Crippen LogP contribution in [0.1, 0.15) is 16.7 Å². The number of nitrogens with zero attached hydrogens (tertiary/aromatic N) is 3. The highest BCUT2D eigenvalue weighted by Crippen LogP contribution is 2.23. The number of anilines is 5. The van der Waals surface area contributed by atoms with E-state index in [1.54, 1.807) is 55.6 Å². The van der Waals surface area contributed by atoms with Crippen LogP contribution in [0.15, 0.2) is 78.1 Å². The molecule has 2 aromatic carbocycles. The van der Waals surface area contributed by atoms with Gasteiger partial charge < -0.3 is 10.6 Å². The second-order valence-electron chi connectivity index (χ2n) is 7.71. The van der Waals surface area contributed by atoms with Crippen molar-refractivity contribution < 1.29 is 8.42 Å². The molecule has 0 saturated carbocycles. The first-order chi connectivity index (χ1) is 15.8. The van der Waals surface area contributed by atoms with Crippen molar-refractivity contribution in [2.45, 2.75) is 25.7 Å². The number of nitrogens with one attached hydrogen (secondary N) is 3. The molecule has 8 nitrogen and oxygen atoms in total. The third-order valence-corrected chi connectivity index (χ3v) is 6.40. The van der Waals surface area contributed by atoms with Gasteiger partial charge in [-0.1, -0.05) is 12.1 Å². The smallest absolute Gasteiger partial charge is 0.262 e. The average molecular weight is 461 g/mol. The fraction of sp³-hybridized carbons (Fsp3) is 0.125. The van der Waals surface area contributed by atoms with Crippen molar-refractivity contribution in [3.8, 4) is 0 Å². The molecule has 33 heavy (non-hydrogen) atoms. The Bertz CT molecular complexity index is 1390. The van der Waals surface area contributed by atoms with Gasteiger partial charge in [0.25, 0.3) is 10.0 Å². The highest BCUT2D eigenvalue weighted by Gasteiger charge is 2.17. The minimum Gasteiger partial charge on any atom is -0.340 e. The van der Waals surface area contributed by atoms with Crippen LogP contribution < -0.4 is 15.4 Å². The molecule has 4 rings (SSSR count). The van der Waals surface area contributed by atoms with Gasteiger partial charge in [0.15, 0.2) is 0 Å². The monoisotopic (exact) mass is 460 g/mol. The fourth-order valence-electron chi connectivity index (χ4n) is 3.21. The molecule has 2 aromatic heterocycles. The van der Waals surface area contributed by atoms with Crippen molar-refractivity contribution in [2.24, 2.45) is 0 Å². The molecule has 0 fully saturated rings. The Labute approximate surface area is 193 Å². The highest BCUT2D eigenvalue weighted by atomic mass is 32.2. The van der Waals surface area contributed by atoms with Crippen LogP contribution in [0.4, 0.5) is 28.8 Å². The van der Waals surface area contributed by atoms with Gasteiger partial charge in [-0.3, -0.25) is 4.72 Å². The van der Waals surface area contributed by atoms with Crippen molar-refractivity contribution in [1.29, 1.82) is 0 Å². The zero-order valence-corrected chi connectivity index (χ0v) is 19.3. The first-order valence-corrected chi connectivity index (χ1v) is 11.8. The molecule has 0 aliphatic rings. The van der Waals surface area contributed by atoms with E-state index >= 15 is 0 Å². The first-order valence-electron chi connectivity index (χ1n) is 10.3. The quantitative estimate of drug-likeness (QED) is 0.353. The van der Waals surface area contributed by atoms with Crippen molar-refractivity contribution in [3.63, 3.8) is 0 Å². The Balaban J connectivity index is 1.45. The Kier molecular flexibility index (Phi) is 6.23. The molecule has 0 saturated heterocycles. The number of pyridine rings is 1. The maximum Gasteiger partial charge on any atom is 0.262 e. The SMILES string of the molecule is Cc1ccnc(Nc2cc(Nc3ccc(NS(=O)(=O)c4cc(C)ccc4C)cc3)ncn2)c1. The number of sulfonamides is 1. The van der Waals surface area contributed by atoms with E-state index in [0.717, 1.165) is 16.8 Å². The summed E-state index contributed by atoms with van der Waals surface area (Å²) in [6.45, 7) is 5.64. The Morgan fingerprint density at radius 2 is 1.30 bits per heavy atom. The molecular weight excluding hydrogens is 436 g/mol. The van der Waals surface area contributed by atoms with E-state index in [0.29, 0.717) is 28.7 Å². The predicted octanol–water partition coefficient (Wildman–Crippen LogP) is 5.08. The number of rotatable bonds is 7. The van der Waals surface area contributed by atoms with E-state index < -0.39 is 10.0 Å². The van der Waals surface area contributed by atoms with E-state index in [4.69, 9.17) is 0 Å². The summed E-state index contributed by atoms with van der Waals surface area (Å²) in [6, 6.07) is 17.9. The lowest BCUT2D eigenvalue weighted by atomic mass is 10.2. The van der Waals surface area contributed by atoms with E-state index in [-0.39, 0.29) is 4.90 Å². The third-order valence-electron chi connectivity index (χ3n) is 4.88. The standard InChI is InChI=1S/C24H24N6O2S/c1-16-4-5-18(3)21(12-16)33(31,32)30-20-8-6-19(7-9-20)28-23-14-24(27-15-26-23)29-22-13-17(2)10-11-25-22/h4-15,30H,1-3H3,(H2,25,26,27,28,29). The number of hydrogen-bond acceptors (Lipinski definition) is 7. The minimum atomic E-state index is -3.68. The van der Waals surface area contributed by atoms with Gasteiger partial charge in [-0.2, -0.15) is 0 Å². The largest absolute Gasteiger partial charge is 0.340 e. The zero-order chi connectivity index (χ0) is 23.4. The van der Waals surface area contributed by atoms with Gasteiger partial charge in [-0.15, -0.1) is 0 Å². The molecule has 0 aliphatic carbocycles. The molecule has 9 heteroatoms. The van der Waals surface area contributed by atoms with Crippen LogP contribution >= 0.6 is 0 Å². The maximum absolute atomic E-state index is 12.8. The second-order valence-corrected chi connectivity index (χ2v) is 9.36. The van der Waals surface area contributed by atoms with E-state index in [9.17, 15) is 8.42 Å². The molecule has 2 heterocycles.